The van der Waals surface area contributed by atoms with Crippen molar-refractivity contribution in [1.82, 2.24) is 24.9 Å². The van der Waals surface area contributed by atoms with Crippen LogP contribution in [0.5, 0.6) is 0 Å². The van der Waals surface area contributed by atoms with Crippen LogP contribution >= 0.6 is 23.2 Å². The van der Waals surface area contributed by atoms with Gasteiger partial charge >= 0.3 is 0 Å². The molecule has 0 atom stereocenters. The number of anilines is 2. The third-order valence-corrected chi connectivity index (χ3v) is 4.05. The Labute approximate surface area is 146 Å². The number of nitrogens with one attached hydrogen (secondary N) is 2. The molecule has 6 nitrogen and oxygen atoms in total. The van der Waals surface area contributed by atoms with Crippen molar-refractivity contribution in [2.24, 2.45) is 0 Å². The largest absolute Gasteiger partial charge is 0.338 e. The molecule has 1 aromatic carbocycles. The minimum atomic E-state index is 0.528. The number of aromatic amines is 1. The van der Waals surface area contributed by atoms with Gasteiger partial charge in [-0.25, -0.2) is 19.9 Å². The third kappa shape index (κ3) is 2.66. The second-order valence-corrected chi connectivity index (χ2v) is 5.80. The summed E-state index contributed by atoms with van der Waals surface area (Å²) in [5.74, 6) is 1.17. The number of pyridine rings is 1. The molecule has 0 fully saturated rings. The van der Waals surface area contributed by atoms with Gasteiger partial charge in [-0.3, -0.25) is 0 Å². The summed E-state index contributed by atoms with van der Waals surface area (Å²) < 4.78 is 0. The zero-order chi connectivity index (χ0) is 16.5. The third-order valence-electron chi connectivity index (χ3n) is 3.42. The molecule has 2 N–H and O–H groups in total. The van der Waals surface area contributed by atoms with E-state index < -0.39 is 0 Å². The number of H-pyrrole nitrogens is 1. The summed E-state index contributed by atoms with van der Waals surface area (Å²) in [7, 11) is 0. The highest BCUT2D eigenvalue weighted by Crippen LogP contribution is 2.34. The van der Waals surface area contributed by atoms with Gasteiger partial charge in [-0.2, -0.15) is 0 Å². The molecule has 0 unspecified atom stereocenters. The van der Waals surface area contributed by atoms with Crippen LogP contribution in [0, 0.1) is 0 Å². The Balaban J connectivity index is 1.83. The van der Waals surface area contributed by atoms with Gasteiger partial charge in [0.1, 0.15) is 17.7 Å². The quantitative estimate of drug-likeness (QED) is 0.566. The van der Waals surface area contributed by atoms with Crippen LogP contribution in [0.2, 0.25) is 10.0 Å². The van der Waals surface area contributed by atoms with Crippen molar-refractivity contribution in [3.8, 4) is 11.4 Å². The van der Waals surface area contributed by atoms with E-state index >= 15 is 0 Å². The first-order valence-electron chi connectivity index (χ1n) is 7.03. The molecule has 0 bridgehead atoms. The van der Waals surface area contributed by atoms with Gasteiger partial charge in [0.05, 0.1) is 39.2 Å². The average molecular weight is 357 g/mol. The van der Waals surface area contributed by atoms with Gasteiger partial charge in [0, 0.05) is 6.20 Å². The summed E-state index contributed by atoms with van der Waals surface area (Å²) in [5.41, 5.74) is 2.87. The predicted octanol–water partition coefficient (Wildman–Crippen LogP) is 4.47. The number of imidazole rings is 1. The van der Waals surface area contributed by atoms with E-state index in [4.69, 9.17) is 23.2 Å². The summed E-state index contributed by atoms with van der Waals surface area (Å²) >= 11 is 12.5. The summed E-state index contributed by atoms with van der Waals surface area (Å²) in [6, 6.07) is 7.17. The lowest BCUT2D eigenvalue weighted by atomic mass is 10.2. The van der Waals surface area contributed by atoms with Crippen molar-refractivity contribution in [3.63, 3.8) is 0 Å². The normalized spacial score (nSPS) is 10.9. The Morgan fingerprint density at radius 1 is 1.00 bits per heavy atom. The molecule has 4 aromatic rings. The molecule has 0 saturated heterocycles. The lowest BCUT2D eigenvalue weighted by Gasteiger charge is -2.04. The highest BCUT2D eigenvalue weighted by Gasteiger charge is 2.15. The van der Waals surface area contributed by atoms with E-state index in [-0.39, 0.29) is 0 Å². The van der Waals surface area contributed by atoms with Gasteiger partial charge in [-0.15, -0.1) is 0 Å². The summed E-state index contributed by atoms with van der Waals surface area (Å²) in [5, 5.41) is 4.21. The van der Waals surface area contributed by atoms with Crippen LogP contribution in [0.4, 0.5) is 11.5 Å². The van der Waals surface area contributed by atoms with Gasteiger partial charge in [0.25, 0.3) is 0 Å². The Morgan fingerprint density at radius 3 is 2.50 bits per heavy atom. The maximum absolute atomic E-state index is 6.27. The summed E-state index contributed by atoms with van der Waals surface area (Å²) in [4.78, 5) is 20.1. The number of fused-ring (bicyclic) bond motifs is 1. The molecule has 4 rings (SSSR count). The Bertz CT molecular complexity index is 995. The molecule has 0 aliphatic carbocycles. The molecule has 0 radical (unpaired) electrons. The number of hydrogen-bond acceptors (Lipinski definition) is 5. The molecule has 118 valence electrons. The Kier molecular flexibility index (Phi) is 3.76. The van der Waals surface area contributed by atoms with E-state index in [1.54, 1.807) is 36.8 Å². The summed E-state index contributed by atoms with van der Waals surface area (Å²) in [6.07, 6.45) is 6.47. The monoisotopic (exact) mass is 356 g/mol. The molecule has 0 aliphatic heterocycles. The molecule has 0 amide bonds. The molecule has 0 aliphatic rings. The van der Waals surface area contributed by atoms with Crippen molar-refractivity contribution in [2.45, 2.75) is 0 Å². The highest BCUT2D eigenvalue weighted by molar-refractivity contribution is 6.39. The Hall–Kier alpha value is -2.70. The number of halogens is 2. The minimum Gasteiger partial charge on any atom is -0.338 e. The molecular formula is C16H10Cl2N6. The van der Waals surface area contributed by atoms with Crippen LogP contribution in [0.25, 0.3) is 22.4 Å². The van der Waals surface area contributed by atoms with Crippen LogP contribution in [-0.4, -0.2) is 24.9 Å². The number of nitrogens with zero attached hydrogens (tertiary/aromatic N) is 4. The van der Waals surface area contributed by atoms with Gasteiger partial charge in [0.15, 0.2) is 5.82 Å². The maximum atomic E-state index is 6.27. The van der Waals surface area contributed by atoms with Gasteiger partial charge in [-0.05, 0) is 18.2 Å². The first-order chi connectivity index (χ1) is 11.7. The van der Waals surface area contributed by atoms with Crippen molar-refractivity contribution in [2.75, 3.05) is 5.32 Å². The molecule has 0 saturated carbocycles. The molecule has 8 heteroatoms. The van der Waals surface area contributed by atoms with E-state index in [0.717, 1.165) is 11.2 Å². The fourth-order valence-corrected chi connectivity index (χ4v) is 2.95. The van der Waals surface area contributed by atoms with E-state index in [1.807, 2.05) is 6.07 Å². The maximum Gasteiger partial charge on any atom is 0.158 e. The first kappa shape index (κ1) is 14.9. The SMILES string of the molecule is Clc1cccc(Cl)c1-c1nc2c(Nc3cncnc3)nccc2[nH]1. The van der Waals surface area contributed by atoms with Crippen LogP contribution in [0.1, 0.15) is 0 Å². The first-order valence-corrected chi connectivity index (χ1v) is 7.79. The fourth-order valence-electron chi connectivity index (χ4n) is 2.37. The number of aromatic nitrogens is 5. The zero-order valence-corrected chi connectivity index (χ0v) is 13.7. The second kappa shape index (κ2) is 6.07. The minimum absolute atomic E-state index is 0.528. The molecular weight excluding hydrogens is 347 g/mol. The van der Waals surface area contributed by atoms with E-state index in [2.05, 4.69) is 30.2 Å². The van der Waals surface area contributed by atoms with Crippen LogP contribution in [0.3, 0.4) is 0 Å². The topological polar surface area (TPSA) is 79.4 Å². The van der Waals surface area contributed by atoms with E-state index in [0.29, 0.717) is 32.8 Å². The highest BCUT2D eigenvalue weighted by atomic mass is 35.5. The van der Waals surface area contributed by atoms with Gasteiger partial charge in [-0.1, -0.05) is 29.3 Å². The number of rotatable bonds is 3. The van der Waals surface area contributed by atoms with Gasteiger partial charge < -0.3 is 10.3 Å². The van der Waals surface area contributed by atoms with Crippen molar-refractivity contribution in [3.05, 3.63) is 59.2 Å². The van der Waals surface area contributed by atoms with E-state index in [9.17, 15) is 0 Å². The standard InChI is InChI=1S/C16H10Cl2N6/c17-10-2-1-3-11(18)13(10)15-23-12-4-5-21-16(14(12)24-15)22-9-6-19-8-20-7-9/h1-8H,(H,21,22)(H,23,24). The van der Waals surface area contributed by atoms with Crippen LogP contribution in [-0.2, 0) is 0 Å². The van der Waals surface area contributed by atoms with E-state index in [1.165, 1.54) is 6.33 Å². The smallest absolute Gasteiger partial charge is 0.158 e. The molecule has 24 heavy (non-hydrogen) atoms. The molecule has 3 heterocycles. The van der Waals surface area contributed by atoms with Crippen molar-refractivity contribution >= 4 is 45.7 Å². The summed E-state index contributed by atoms with van der Waals surface area (Å²) in [6.45, 7) is 0. The zero-order valence-electron chi connectivity index (χ0n) is 12.2. The lowest BCUT2D eigenvalue weighted by Crippen LogP contribution is -1.95. The number of benzene rings is 1. The molecule has 3 aromatic heterocycles. The van der Waals surface area contributed by atoms with Gasteiger partial charge in [0.2, 0.25) is 0 Å². The van der Waals surface area contributed by atoms with Crippen LogP contribution < -0.4 is 5.32 Å². The average Bonchev–Trinajstić information content (AvgIpc) is 3.00. The lowest BCUT2D eigenvalue weighted by molar-refractivity contribution is 1.16. The second-order valence-electron chi connectivity index (χ2n) is 4.99. The number of hydrogen-bond donors (Lipinski definition) is 2. The van der Waals surface area contributed by atoms with Crippen LogP contribution in [0.15, 0.2) is 49.2 Å². The van der Waals surface area contributed by atoms with Crippen molar-refractivity contribution in [1.29, 1.82) is 0 Å². The van der Waals surface area contributed by atoms with Crippen molar-refractivity contribution < 1.29 is 0 Å². The molecule has 0 spiro atoms. The predicted molar refractivity (Wildman–Crippen MR) is 94.7 cm³/mol. The Morgan fingerprint density at radius 2 is 1.75 bits per heavy atom. The fraction of sp³-hybridized carbons (Fsp3) is 0.